The van der Waals surface area contributed by atoms with Crippen molar-refractivity contribution in [1.82, 2.24) is 15.1 Å². The van der Waals surface area contributed by atoms with E-state index >= 15 is 0 Å². The number of hydrogen-bond donors (Lipinski definition) is 1. The molecular formula is C22H19ClFN3O4. The van der Waals surface area contributed by atoms with E-state index in [4.69, 9.17) is 16.0 Å². The smallest absolute Gasteiger partial charge is 0.325 e. The van der Waals surface area contributed by atoms with Crippen molar-refractivity contribution >= 4 is 40.4 Å². The Kier molecular flexibility index (Phi) is 5.18. The third-order valence-electron chi connectivity index (χ3n) is 5.37. The maximum Gasteiger partial charge on any atom is 0.325 e. The Hall–Kier alpha value is -3.39. The summed E-state index contributed by atoms with van der Waals surface area (Å²) in [5.41, 5.74) is -0.704. The number of hydrogen-bond acceptors (Lipinski definition) is 4. The third-order valence-corrected chi connectivity index (χ3v) is 5.72. The largest absolute Gasteiger partial charge is 0.458 e. The molecule has 1 aliphatic heterocycles. The zero-order valence-corrected chi connectivity index (χ0v) is 17.6. The van der Waals surface area contributed by atoms with Crippen LogP contribution in [0.15, 0.2) is 52.9 Å². The van der Waals surface area contributed by atoms with Crippen molar-refractivity contribution in [3.05, 3.63) is 70.7 Å². The first-order chi connectivity index (χ1) is 14.7. The second-order valence-electron chi connectivity index (χ2n) is 7.54. The highest BCUT2D eigenvalue weighted by Crippen LogP contribution is 2.33. The van der Waals surface area contributed by atoms with Crippen LogP contribution in [0.1, 0.15) is 18.2 Å². The highest BCUT2D eigenvalue weighted by molar-refractivity contribution is 6.31. The predicted molar refractivity (Wildman–Crippen MR) is 112 cm³/mol. The lowest BCUT2D eigenvalue weighted by Gasteiger charge is -2.22. The molecule has 0 bridgehead atoms. The monoisotopic (exact) mass is 443 g/mol. The molecule has 1 aromatic heterocycles. The lowest BCUT2D eigenvalue weighted by atomic mass is 9.99. The normalized spacial score (nSPS) is 18.5. The number of carbonyl (C=O) groups is 3. The molecule has 7 nitrogen and oxygen atoms in total. The van der Waals surface area contributed by atoms with Crippen LogP contribution in [0.5, 0.6) is 0 Å². The molecule has 1 N–H and O–H groups in total. The van der Waals surface area contributed by atoms with Crippen LogP contribution in [-0.4, -0.2) is 41.2 Å². The van der Waals surface area contributed by atoms with Gasteiger partial charge in [-0.15, -0.1) is 0 Å². The minimum atomic E-state index is -1.44. The molecule has 1 atom stereocenters. The van der Waals surface area contributed by atoms with Crippen molar-refractivity contribution in [2.75, 3.05) is 13.6 Å². The molecule has 2 aromatic carbocycles. The van der Waals surface area contributed by atoms with Gasteiger partial charge in [-0.2, -0.15) is 0 Å². The molecule has 1 aliphatic rings. The molecule has 9 heteroatoms. The fourth-order valence-corrected chi connectivity index (χ4v) is 3.72. The molecule has 0 saturated carbocycles. The number of benzene rings is 2. The third kappa shape index (κ3) is 3.63. The molecule has 4 amide bonds. The first kappa shape index (κ1) is 20.9. The number of rotatable bonds is 5. The van der Waals surface area contributed by atoms with Gasteiger partial charge < -0.3 is 14.6 Å². The number of nitrogens with zero attached hydrogens (tertiary/aromatic N) is 2. The molecule has 2 heterocycles. The van der Waals surface area contributed by atoms with E-state index in [-0.39, 0.29) is 22.9 Å². The van der Waals surface area contributed by atoms with Gasteiger partial charge in [-0.25, -0.2) is 9.18 Å². The fourth-order valence-electron chi connectivity index (χ4n) is 3.50. The molecule has 160 valence electrons. The molecule has 31 heavy (non-hydrogen) atoms. The summed E-state index contributed by atoms with van der Waals surface area (Å²) >= 11 is 6.02. The Morgan fingerprint density at radius 2 is 1.97 bits per heavy atom. The van der Waals surface area contributed by atoms with Crippen LogP contribution in [0, 0.1) is 5.82 Å². The Bertz CT molecular complexity index is 1160. The molecule has 1 saturated heterocycles. The SMILES string of the molecule is CN(Cc1c(F)cccc1Cl)C(=O)CN1C(=O)NC(C)(c2cc3ccccc3o2)C1=O. The van der Waals surface area contributed by atoms with Crippen molar-refractivity contribution in [2.24, 2.45) is 0 Å². The molecule has 0 spiro atoms. The van der Waals surface area contributed by atoms with Gasteiger partial charge in [0.1, 0.15) is 23.7 Å². The average molecular weight is 444 g/mol. The van der Waals surface area contributed by atoms with Crippen LogP contribution in [-0.2, 0) is 21.7 Å². The lowest BCUT2D eigenvalue weighted by Crippen LogP contribution is -2.43. The number of furan rings is 1. The van der Waals surface area contributed by atoms with Gasteiger partial charge in [0.05, 0.1) is 0 Å². The van der Waals surface area contributed by atoms with E-state index in [1.165, 1.54) is 37.1 Å². The van der Waals surface area contributed by atoms with Crippen LogP contribution in [0.2, 0.25) is 5.02 Å². The summed E-state index contributed by atoms with van der Waals surface area (Å²) in [7, 11) is 1.45. The lowest BCUT2D eigenvalue weighted by molar-refractivity contribution is -0.138. The summed E-state index contributed by atoms with van der Waals surface area (Å²) in [5, 5.41) is 3.59. The van der Waals surface area contributed by atoms with Crippen molar-refractivity contribution in [1.29, 1.82) is 0 Å². The van der Waals surface area contributed by atoms with E-state index in [9.17, 15) is 18.8 Å². The Morgan fingerprint density at radius 3 is 2.68 bits per heavy atom. The summed E-state index contributed by atoms with van der Waals surface area (Å²) in [6, 6.07) is 12.4. The van der Waals surface area contributed by atoms with Crippen molar-refractivity contribution in [2.45, 2.75) is 19.0 Å². The molecule has 0 aliphatic carbocycles. The summed E-state index contributed by atoms with van der Waals surface area (Å²) in [5.74, 6) is -1.42. The van der Waals surface area contributed by atoms with Crippen molar-refractivity contribution < 1.29 is 23.2 Å². The molecular weight excluding hydrogens is 425 g/mol. The van der Waals surface area contributed by atoms with Gasteiger partial charge in [-0.05, 0) is 31.2 Å². The van der Waals surface area contributed by atoms with E-state index in [1.807, 2.05) is 12.1 Å². The number of para-hydroxylation sites is 1. The fraction of sp³-hybridized carbons (Fsp3) is 0.227. The van der Waals surface area contributed by atoms with Crippen LogP contribution in [0.4, 0.5) is 9.18 Å². The number of likely N-dealkylation sites (N-methyl/N-ethyl adjacent to an activating group) is 1. The first-order valence-corrected chi connectivity index (χ1v) is 9.88. The number of imide groups is 1. The molecule has 1 fully saturated rings. The predicted octanol–water partition coefficient (Wildman–Crippen LogP) is 3.65. The number of urea groups is 1. The van der Waals surface area contributed by atoms with Crippen LogP contribution in [0.3, 0.4) is 0 Å². The number of carbonyl (C=O) groups excluding carboxylic acids is 3. The number of nitrogens with one attached hydrogen (secondary N) is 1. The van der Waals surface area contributed by atoms with Gasteiger partial charge in [-0.1, -0.05) is 35.9 Å². The Labute approximate surface area is 182 Å². The standard InChI is InChI=1S/C22H19ClFN3O4/c1-22(18-10-13-6-3-4-9-17(13)31-18)20(29)27(21(30)25-22)12-19(28)26(2)11-14-15(23)7-5-8-16(14)24/h3-10H,11-12H2,1-2H3,(H,25,30). The average Bonchev–Trinajstić information content (AvgIpc) is 3.26. The van der Waals surface area contributed by atoms with E-state index in [0.717, 1.165) is 10.3 Å². The molecule has 3 aromatic rings. The quantitative estimate of drug-likeness (QED) is 0.610. The number of amides is 4. The minimum absolute atomic E-state index is 0.102. The van der Waals surface area contributed by atoms with Gasteiger partial charge in [0.25, 0.3) is 5.91 Å². The van der Waals surface area contributed by atoms with Gasteiger partial charge >= 0.3 is 6.03 Å². The summed E-state index contributed by atoms with van der Waals surface area (Å²) in [6.07, 6.45) is 0. The van der Waals surface area contributed by atoms with E-state index < -0.39 is 35.7 Å². The summed E-state index contributed by atoms with van der Waals surface area (Å²) in [4.78, 5) is 40.3. The maximum atomic E-state index is 14.0. The molecule has 4 rings (SSSR count). The number of halogens is 2. The highest BCUT2D eigenvalue weighted by Gasteiger charge is 2.51. The molecule has 0 radical (unpaired) electrons. The van der Waals surface area contributed by atoms with Crippen molar-refractivity contribution in [3.63, 3.8) is 0 Å². The zero-order chi connectivity index (χ0) is 22.3. The minimum Gasteiger partial charge on any atom is -0.458 e. The van der Waals surface area contributed by atoms with E-state index in [2.05, 4.69) is 5.32 Å². The Balaban J connectivity index is 1.51. The van der Waals surface area contributed by atoms with Crippen LogP contribution in [0.25, 0.3) is 11.0 Å². The molecule has 1 unspecified atom stereocenters. The van der Waals surface area contributed by atoms with Gasteiger partial charge in [0, 0.05) is 29.6 Å². The second kappa shape index (κ2) is 7.70. The van der Waals surface area contributed by atoms with Crippen molar-refractivity contribution in [3.8, 4) is 0 Å². The first-order valence-electron chi connectivity index (χ1n) is 9.50. The van der Waals surface area contributed by atoms with E-state index in [0.29, 0.717) is 5.58 Å². The van der Waals surface area contributed by atoms with Crippen LogP contribution < -0.4 is 5.32 Å². The maximum absolute atomic E-state index is 14.0. The topological polar surface area (TPSA) is 82.9 Å². The number of fused-ring (bicyclic) bond motifs is 1. The van der Waals surface area contributed by atoms with Crippen LogP contribution >= 0.6 is 11.6 Å². The van der Waals surface area contributed by atoms with Gasteiger partial charge in [-0.3, -0.25) is 14.5 Å². The Morgan fingerprint density at radius 1 is 1.23 bits per heavy atom. The summed E-state index contributed by atoms with van der Waals surface area (Å²) < 4.78 is 19.8. The summed E-state index contributed by atoms with van der Waals surface area (Å²) in [6.45, 7) is 0.927. The van der Waals surface area contributed by atoms with E-state index in [1.54, 1.807) is 18.2 Å². The van der Waals surface area contributed by atoms with Gasteiger partial charge in [0.15, 0.2) is 5.54 Å². The second-order valence-corrected chi connectivity index (χ2v) is 7.95. The zero-order valence-electron chi connectivity index (χ0n) is 16.8. The van der Waals surface area contributed by atoms with Gasteiger partial charge in [0.2, 0.25) is 5.91 Å². The highest BCUT2D eigenvalue weighted by atomic mass is 35.5.